The molecular weight excluding hydrogens is 570 g/mol. The van der Waals surface area contributed by atoms with Crippen LogP contribution in [0.5, 0.6) is 11.5 Å². The van der Waals surface area contributed by atoms with Crippen LogP contribution in [0.3, 0.4) is 0 Å². The van der Waals surface area contributed by atoms with E-state index in [1.54, 1.807) is 37.3 Å². The molecule has 230 valence electrons. The first-order valence-corrected chi connectivity index (χ1v) is 15.6. The number of hydrogen-bond donors (Lipinski definition) is 1. The number of nitro groups is 1. The van der Waals surface area contributed by atoms with Crippen LogP contribution in [-0.4, -0.2) is 55.5 Å². The summed E-state index contributed by atoms with van der Waals surface area (Å²) in [6, 6.07) is 14.3. The van der Waals surface area contributed by atoms with Crippen molar-refractivity contribution in [2.45, 2.75) is 74.7 Å². The SMILES string of the molecule is COc1ccc(NC(=O)c2ccc(S(=O)(=O)c3ccc(C)cc3)c([N+](=O)[O-])c2)cc1OCCN1C(C)(C)CCCC1(C)C. The number of hydrogen-bond acceptors (Lipinski definition) is 8. The van der Waals surface area contributed by atoms with Crippen molar-refractivity contribution in [3.05, 3.63) is 81.9 Å². The number of benzene rings is 3. The minimum Gasteiger partial charge on any atom is -0.493 e. The molecule has 0 bridgehead atoms. The van der Waals surface area contributed by atoms with Crippen LogP contribution in [0.25, 0.3) is 0 Å². The summed E-state index contributed by atoms with van der Waals surface area (Å²) in [6.07, 6.45) is 3.40. The van der Waals surface area contributed by atoms with Crippen molar-refractivity contribution >= 4 is 27.1 Å². The van der Waals surface area contributed by atoms with Gasteiger partial charge in [0.15, 0.2) is 11.5 Å². The Kier molecular flexibility index (Phi) is 9.17. The molecule has 10 nitrogen and oxygen atoms in total. The van der Waals surface area contributed by atoms with E-state index in [0.29, 0.717) is 30.3 Å². The maximum absolute atomic E-state index is 13.2. The topological polar surface area (TPSA) is 128 Å². The quantitative estimate of drug-likeness (QED) is 0.206. The number of anilines is 1. The highest BCUT2D eigenvalue weighted by molar-refractivity contribution is 7.91. The van der Waals surface area contributed by atoms with Gasteiger partial charge < -0.3 is 14.8 Å². The van der Waals surface area contributed by atoms with Gasteiger partial charge in [-0.2, -0.15) is 0 Å². The standard InChI is InChI=1S/C32H39N3O7S/c1-22-8-12-25(13-9-22)43(39,40)29-15-10-23(20-26(29)35(37)38)30(36)33-24-11-14-27(41-6)28(21-24)42-19-18-34-31(2,3)16-7-17-32(34,4)5/h8-15,20-21H,7,16-19H2,1-6H3,(H,33,36). The Morgan fingerprint density at radius 2 is 1.63 bits per heavy atom. The molecule has 11 heteroatoms. The molecule has 0 aromatic heterocycles. The first kappa shape index (κ1) is 32.0. The van der Waals surface area contributed by atoms with E-state index in [0.717, 1.165) is 30.5 Å². The fourth-order valence-corrected chi connectivity index (χ4v) is 7.24. The summed E-state index contributed by atoms with van der Waals surface area (Å²) in [6.45, 7) is 11.9. The van der Waals surface area contributed by atoms with E-state index in [9.17, 15) is 23.3 Å². The number of piperidine rings is 1. The number of aryl methyl sites for hydroxylation is 1. The van der Waals surface area contributed by atoms with E-state index in [2.05, 4.69) is 37.9 Å². The first-order chi connectivity index (χ1) is 20.2. The van der Waals surface area contributed by atoms with Gasteiger partial charge in [0.25, 0.3) is 11.6 Å². The van der Waals surface area contributed by atoms with E-state index in [4.69, 9.17) is 9.47 Å². The van der Waals surface area contributed by atoms with Crippen LogP contribution in [0.15, 0.2) is 70.5 Å². The van der Waals surface area contributed by atoms with Crippen LogP contribution in [0.4, 0.5) is 11.4 Å². The molecule has 4 rings (SSSR count). The zero-order valence-corrected chi connectivity index (χ0v) is 26.3. The normalized spacial score (nSPS) is 16.3. The third-order valence-electron chi connectivity index (χ3n) is 8.07. The molecule has 1 amide bonds. The number of methoxy groups -OCH3 is 1. The largest absolute Gasteiger partial charge is 0.493 e. The highest BCUT2D eigenvalue weighted by atomic mass is 32.2. The maximum atomic E-state index is 13.2. The molecule has 0 aliphatic carbocycles. The fourth-order valence-electron chi connectivity index (χ4n) is 5.84. The molecule has 0 spiro atoms. The predicted octanol–water partition coefficient (Wildman–Crippen LogP) is 6.42. The van der Waals surface area contributed by atoms with E-state index >= 15 is 0 Å². The Hall–Kier alpha value is -3.96. The zero-order valence-electron chi connectivity index (χ0n) is 25.5. The lowest BCUT2D eigenvalue weighted by molar-refractivity contribution is -0.387. The third-order valence-corrected chi connectivity index (χ3v) is 9.89. The van der Waals surface area contributed by atoms with Gasteiger partial charge in [0.05, 0.1) is 16.9 Å². The molecule has 0 unspecified atom stereocenters. The summed E-state index contributed by atoms with van der Waals surface area (Å²) in [7, 11) is -2.65. The molecule has 1 N–H and O–H groups in total. The zero-order chi connectivity index (χ0) is 31.6. The van der Waals surface area contributed by atoms with Crippen LogP contribution in [-0.2, 0) is 9.84 Å². The number of amides is 1. The van der Waals surface area contributed by atoms with Gasteiger partial charge in [0, 0.05) is 41.0 Å². The van der Waals surface area contributed by atoms with Crippen molar-refractivity contribution < 1.29 is 27.6 Å². The summed E-state index contributed by atoms with van der Waals surface area (Å²) in [5.74, 6) is 0.297. The number of ether oxygens (including phenoxy) is 2. The minimum atomic E-state index is -4.19. The molecule has 0 radical (unpaired) electrons. The van der Waals surface area contributed by atoms with Crippen molar-refractivity contribution in [1.82, 2.24) is 4.90 Å². The van der Waals surface area contributed by atoms with Gasteiger partial charge in [-0.1, -0.05) is 17.7 Å². The number of carbonyl (C=O) groups excluding carboxylic acids is 1. The fraction of sp³-hybridized carbons (Fsp3) is 0.406. The van der Waals surface area contributed by atoms with E-state index in [1.807, 2.05) is 0 Å². The van der Waals surface area contributed by atoms with Crippen molar-refractivity contribution in [1.29, 1.82) is 0 Å². The van der Waals surface area contributed by atoms with Crippen molar-refractivity contribution in [3.8, 4) is 11.5 Å². The van der Waals surface area contributed by atoms with Crippen LogP contribution in [0.2, 0.25) is 0 Å². The number of nitrogens with one attached hydrogen (secondary N) is 1. The molecule has 0 atom stereocenters. The Bertz CT molecular complexity index is 1600. The van der Waals surface area contributed by atoms with Crippen LogP contribution in [0.1, 0.15) is 62.9 Å². The van der Waals surface area contributed by atoms with Gasteiger partial charge in [-0.15, -0.1) is 0 Å². The van der Waals surface area contributed by atoms with Crippen molar-refractivity contribution in [2.24, 2.45) is 0 Å². The number of nitrogens with zero attached hydrogens (tertiary/aromatic N) is 2. The molecule has 3 aromatic rings. The number of nitro benzene ring substituents is 1. The number of rotatable bonds is 10. The Labute approximate surface area is 253 Å². The van der Waals surface area contributed by atoms with E-state index < -0.39 is 31.3 Å². The highest BCUT2D eigenvalue weighted by Gasteiger charge is 2.40. The summed E-state index contributed by atoms with van der Waals surface area (Å²) >= 11 is 0. The van der Waals surface area contributed by atoms with Gasteiger partial charge in [0.2, 0.25) is 9.84 Å². The smallest absolute Gasteiger partial charge is 0.289 e. The highest BCUT2D eigenvalue weighted by Crippen LogP contribution is 2.38. The lowest BCUT2D eigenvalue weighted by atomic mass is 9.80. The second-order valence-corrected chi connectivity index (χ2v) is 14.0. The first-order valence-electron chi connectivity index (χ1n) is 14.2. The molecule has 0 saturated carbocycles. The molecular formula is C32H39N3O7S. The number of sulfone groups is 1. The summed E-state index contributed by atoms with van der Waals surface area (Å²) in [4.78, 5) is 26.1. The third kappa shape index (κ3) is 7.00. The molecule has 1 saturated heterocycles. The Balaban J connectivity index is 1.52. The lowest BCUT2D eigenvalue weighted by Crippen LogP contribution is -2.59. The second-order valence-electron chi connectivity index (χ2n) is 12.1. The van der Waals surface area contributed by atoms with E-state index in [-0.39, 0.29) is 21.5 Å². The average molecular weight is 610 g/mol. The molecule has 1 aliphatic heterocycles. The lowest BCUT2D eigenvalue weighted by Gasteiger charge is -2.53. The summed E-state index contributed by atoms with van der Waals surface area (Å²) in [5.41, 5.74) is 0.574. The monoisotopic (exact) mass is 609 g/mol. The van der Waals surface area contributed by atoms with Crippen LogP contribution in [0, 0.1) is 17.0 Å². The number of likely N-dealkylation sites (tertiary alicyclic amines) is 1. The second kappa shape index (κ2) is 12.3. The minimum absolute atomic E-state index is 0.0443. The molecule has 3 aromatic carbocycles. The Morgan fingerprint density at radius 3 is 2.23 bits per heavy atom. The van der Waals surface area contributed by atoms with Gasteiger partial charge in [0.1, 0.15) is 11.5 Å². The molecule has 1 heterocycles. The van der Waals surface area contributed by atoms with Gasteiger partial charge in [-0.25, -0.2) is 8.42 Å². The average Bonchev–Trinajstić information content (AvgIpc) is 2.94. The summed E-state index contributed by atoms with van der Waals surface area (Å²) in [5, 5.41) is 14.6. The molecule has 1 fully saturated rings. The molecule has 43 heavy (non-hydrogen) atoms. The Morgan fingerprint density at radius 1 is 0.977 bits per heavy atom. The van der Waals surface area contributed by atoms with Crippen molar-refractivity contribution in [2.75, 3.05) is 25.6 Å². The van der Waals surface area contributed by atoms with Gasteiger partial charge in [-0.3, -0.25) is 19.8 Å². The summed E-state index contributed by atoms with van der Waals surface area (Å²) < 4.78 is 37.9. The van der Waals surface area contributed by atoms with E-state index in [1.165, 1.54) is 31.7 Å². The van der Waals surface area contributed by atoms with Gasteiger partial charge in [-0.05, 0) is 90.3 Å². The van der Waals surface area contributed by atoms with Gasteiger partial charge >= 0.3 is 0 Å². The maximum Gasteiger partial charge on any atom is 0.289 e. The van der Waals surface area contributed by atoms with Crippen LogP contribution < -0.4 is 14.8 Å². The van der Waals surface area contributed by atoms with Crippen LogP contribution >= 0.6 is 0 Å². The predicted molar refractivity (Wildman–Crippen MR) is 165 cm³/mol. The number of carbonyl (C=O) groups is 1. The van der Waals surface area contributed by atoms with Crippen molar-refractivity contribution in [3.63, 3.8) is 0 Å². The molecule has 1 aliphatic rings.